The summed E-state index contributed by atoms with van der Waals surface area (Å²) in [7, 11) is 0. The van der Waals surface area contributed by atoms with Gasteiger partial charge in [0.2, 0.25) is 0 Å². The molecule has 0 aliphatic carbocycles. The zero-order valence-corrected chi connectivity index (χ0v) is 17.5. The number of fused-ring (bicyclic) bond motifs is 1. The molecular weight excluding hydrogens is 376 g/mol. The summed E-state index contributed by atoms with van der Waals surface area (Å²) in [6.07, 6.45) is 2.04. The molecule has 1 aliphatic rings. The quantitative estimate of drug-likeness (QED) is 0.674. The number of aromatic nitrogens is 1. The number of hydrogen-bond donors (Lipinski definition) is 2. The second kappa shape index (κ2) is 9.13. The molecule has 1 aromatic heterocycles. The first-order valence-electron chi connectivity index (χ1n) is 10.4. The number of nitrogens with zero attached hydrogens (tertiary/aromatic N) is 2. The fourth-order valence-corrected chi connectivity index (χ4v) is 3.87. The Morgan fingerprint density at radius 2 is 2.03 bits per heavy atom. The van der Waals surface area contributed by atoms with Gasteiger partial charge in [-0.2, -0.15) is 0 Å². The number of morpholine rings is 1. The van der Waals surface area contributed by atoms with E-state index in [9.17, 15) is 4.79 Å². The first-order chi connectivity index (χ1) is 14.6. The molecule has 1 saturated heterocycles. The maximum absolute atomic E-state index is 12.4. The Bertz CT molecular complexity index is 1000. The predicted octanol–water partition coefficient (Wildman–Crippen LogP) is 4.02. The Balaban J connectivity index is 1.32. The van der Waals surface area contributed by atoms with Gasteiger partial charge in [0.25, 0.3) is 0 Å². The van der Waals surface area contributed by atoms with Crippen LogP contribution in [0, 0.1) is 0 Å². The van der Waals surface area contributed by atoms with Crippen LogP contribution in [0.3, 0.4) is 0 Å². The van der Waals surface area contributed by atoms with Gasteiger partial charge in [-0.05, 0) is 41.8 Å². The zero-order valence-electron chi connectivity index (χ0n) is 17.5. The van der Waals surface area contributed by atoms with E-state index in [1.165, 1.54) is 5.39 Å². The van der Waals surface area contributed by atoms with Crippen LogP contribution in [-0.4, -0.2) is 36.8 Å². The Morgan fingerprint density at radius 1 is 1.20 bits per heavy atom. The molecule has 6 nitrogen and oxygen atoms in total. The third-order valence-corrected chi connectivity index (χ3v) is 5.46. The highest BCUT2D eigenvalue weighted by molar-refractivity contribution is 5.86. The third kappa shape index (κ3) is 4.71. The van der Waals surface area contributed by atoms with Gasteiger partial charge in [-0.3, -0.25) is 0 Å². The highest BCUT2D eigenvalue weighted by Crippen LogP contribution is 2.24. The summed E-state index contributed by atoms with van der Waals surface area (Å²) in [5.74, 6) is 0.947. The van der Waals surface area contributed by atoms with Gasteiger partial charge in [0.05, 0.1) is 18.8 Å². The number of ether oxygens (including phenoxy) is 1. The van der Waals surface area contributed by atoms with Crippen molar-refractivity contribution >= 4 is 22.6 Å². The van der Waals surface area contributed by atoms with Crippen molar-refractivity contribution in [3.8, 4) is 0 Å². The van der Waals surface area contributed by atoms with Gasteiger partial charge >= 0.3 is 6.03 Å². The summed E-state index contributed by atoms with van der Waals surface area (Å²) in [6.45, 7) is 6.92. The van der Waals surface area contributed by atoms with Gasteiger partial charge < -0.3 is 20.3 Å². The minimum absolute atomic E-state index is 0.0973. The van der Waals surface area contributed by atoms with E-state index in [1.807, 2.05) is 43.5 Å². The SMILES string of the molecule is CC1CN(c2ccc(CNC(=O)NC(C)c3cccc4ccccc34)cn2)CCO1. The monoisotopic (exact) mass is 404 g/mol. The van der Waals surface area contributed by atoms with E-state index in [2.05, 4.69) is 51.7 Å². The van der Waals surface area contributed by atoms with Crippen molar-refractivity contribution in [2.75, 3.05) is 24.6 Å². The molecule has 0 bridgehead atoms. The molecule has 2 amide bonds. The van der Waals surface area contributed by atoms with Crippen molar-refractivity contribution in [2.45, 2.75) is 32.5 Å². The normalized spacial score (nSPS) is 17.5. The standard InChI is InChI=1S/C24H28N4O2/c1-17-16-28(12-13-30-17)23-11-10-19(14-25-23)15-26-24(29)27-18(2)21-9-5-7-20-6-3-4-8-22(20)21/h3-11,14,17-18H,12-13,15-16H2,1-2H3,(H2,26,27,29). The molecule has 156 valence electrons. The second-order valence-corrected chi connectivity index (χ2v) is 7.77. The van der Waals surface area contributed by atoms with E-state index >= 15 is 0 Å². The number of carbonyl (C=O) groups excluding carboxylic acids is 1. The highest BCUT2D eigenvalue weighted by Gasteiger charge is 2.18. The number of carbonyl (C=O) groups is 1. The molecular formula is C24H28N4O2. The predicted molar refractivity (Wildman–Crippen MR) is 120 cm³/mol. The van der Waals surface area contributed by atoms with E-state index in [1.54, 1.807) is 0 Å². The molecule has 2 atom stereocenters. The lowest BCUT2D eigenvalue weighted by Gasteiger charge is -2.32. The van der Waals surface area contributed by atoms with Crippen molar-refractivity contribution in [3.63, 3.8) is 0 Å². The van der Waals surface area contributed by atoms with Gasteiger partial charge in [-0.15, -0.1) is 0 Å². The first kappa shape index (κ1) is 20.2. The van der Waals surface area contributed by atoms with Crippen LogP contribution < -0.4 is 15.5 Å². The Kier molecular flexibility index (Phi) is 6.14. The molecule has 2 aromatic carbocycles. The van der Waals surface area contributed by atoms with Crippen molar-refractivity contribution in [1.29, 1.82) is 0 Å². The fraction of sp³-hybridized carbons (Fsp3) is 0.333. The summed E-state index contributed by atoms with van der Waals surface area (Å²) >= 11 is 0. The molecule has 2 unspecified atom stereocenters. The van der Waals surface area contributed by atoms with Crippen molar-refractivity contribution < 1.29 is 9.53 Å². The maximum Gasteiger partial charge on any atom is 0.315 e. The molecule has 6 heteroatoms. The summed E-state index contributed by atoms with van der Waals surface area (Å²) < 4.78 is 5.58. The number of pyridine rings is 1. The average molecular weight is 405 g/mol. The fourth-order valence-electron chi connectivity index (χ4n) is 3.87. The van der Waals surface area contributed by atoms with E-state index in [0.29, 0.717) is 6.54 Å². The van der Waals surface area contributed by atoms with Crippen LogP contribution >= 0.6 is 0 Å². The van der Waals surface area contributed by atoms with Crippen LogP contribution in [0.5, 0.6) is 0 Å². The summed E-state index contributed by atoms with van der Waals surface area (Å²) in [4.78, 5) is 19.2. The van der Waals surface area contributed by atoms with E-state index < -0.39 is 0 Å². The molecule has 2 heterocycles. The highest BCUT2D eigenvalue weighted by atomic mass is 16.5. The van der Waals surface area contributed by atoms with Gasteiger partial charge in [0.1, 0.15) is 5.82 Å². The van der Waals surface area contributed by atoms with E-state index in [0.717, 1.165) is 42.0 Å². The Morgan fingerprint density at radius 3 is 2.83 bits per heavy atom. The van der Waals surface area contributed by atoms with Crippen LogP contribution in [0.1, 0.15) is 31.0 Å². The molecule has 0 spiro atoms. The van der Waals surface area contributed by atoms with Crippen molar-refractivity contribution in [2.24, 2.45) is 0 Å². The third-order valence-electron chi connectivity index (χ3n) is 5.46. The summed E-state index contributed by atoms with van der Waals surface area (Å²) in [5.41, 5.74) is 2.07. The molecule has 30 heavy (non-hydrogen) atoms. The van der Waals surface area contributed by atoms with Crippen LogP contribution in [0.25, 0.3) is 10.8 Å². The van der Waals surface area contributed by atoms with Crippen LogP contribution in [-0.2, 0) is 11.3 Å². The molecule has 0 saturated carbocycles. The minimum atomic E-state index is -0.193. The topological polar surface area (TPSA) is 66.5 Å². The number of anilines is 1. The number of hydrogen-bond acceptors (Lipinski definition) is 4. The zero-order chi connectivity index (χ0) is 20.9. The van der Waals surface area contributed by atoms with Gasteiger partial charge in [-0.25, -0.2) is 9.78 Å². The van der Waals surface area contributed by atoms with Crippen LogP contribution in [0.2, 0.25) is 0 Å². The van der Waals surface area contributed by atoms with Crippen molar-refractivity contribution in [1.82, 2.24) is 15.6 Å². The van der Waals surface area contributed by atoms with E-state index in [-0.39, 0.29) is 18.2 Å². The lowest BCUT2D eigenvalue weighted by molar-refractivity contribution is 0.0529. The molecule has 4 rings (SSSR count). The Labute approximate surface area is 177 Å². The summed E-state index contributed by atoms with van der Waals surface area (Å²) in [5, 5.41) is 8.29. The van der Waals surface area contributed by atoms with Gasteiger partial charge in [0, 0.05) is 25.8 Å². The number of benzene rings is 2. The maximum atomic E-state index is 12.4. The second-order valence-electron chi connectivity index (χ2n) is 7.77. The Hall–Kier alpha value is -3.12. The molecule has 1 fully saturated rings. The number of nitrogens with one attached hydrogen (secondary N) is 2. The smallest absolute Gasteiger partial charge is 0.315 e. The minimum Gasteiger partial charge on any atom is -0.375 e. The van der Waals surface area contributed by atoms with Crippen LogP contribution in [0.15, 0.2) is 60.8 Å². The number of amides is 2. The molecule has 3 aromatic rings. The lowest BCUT2D eigenvalue weighted by Crippen LogP contribution is -2.41. The molecule has 2 N–H and O–H groups in total. The average Bonchev–Trinajstić information content (AvgIpc) is 2.77. The number of urea groups is 1. The van der Waals surface area contributed by atoms with Gasteiger partial charge in [-0.1, -0.05) is 48.5 Å². The molecule has 0 radical (unpaired) electrons. The van der Waals surface area contributed by atoms with Crippen molar-refractivity contribution in [3.05, 3.63) is 71.9 Å². The lowest BCUT2D eigenvalue weighted by atomic mass is 10.00. The molecule has 1 aliphatic heterocycles. The van der Waals surface area contributed by atoms with E-state index in [4.69, 9.17) is 4.74 Å². The first-order valence-corrected chi connectivity index (χ1v) is 10.4. The number of rotatable bonds is 5. The summed E-state index contributed by atoms with van der Waals surface area (Å²) in [6, 6.07) is 18.1. The van der Waals surface area contributed by atoms with Gasteiger partial charge in [0.15, 0.2) is 0 Å². The van der Waals surface area contributed by atoms with Crippen LogP contribution in [0.4, 0.5) is 10.6 Å². The largest absolute Gasteiger partial charge is 0.375 e.